The van der Waals surface area contributed by atoms with Crippen LogP contribution in [0, 0.1) is 5.41 Å². The molecule has 11 nitrogen and oxygen atoms in total. The Morgan fingerprint density at radius 2 is 1.82 bits per heavy atom. The molecule has 2 aromatic carbocycles. The van der Waals surface area contributed by atoms with Crippen LogP contribution in [-0.4, -0.2) is 78.3 Å². The number of hydrogen-bond acceptors (Lipinski definition) is 7. The topological polar surface area (TPSA) is 166 Å². The van der Waals surface area contributed by atoms with Gasteiger partial charge in [-0.15, -0.1) is 0 Å². The van der Waals surface area contributed by atoms with Gasteiger partial charge in [0.25, 0.3) is 0 Å². The first-order valence-corrected chi connectivity index (χ1v) is 12.2. The minimum Gasteiger partial charge on any atom is -0.480 e. The van der Waals surface area contributed by atoms with Crippen molar-refractivity contribution in [2.24, 2.45) is 5.73 Å². The number of anilines is 1. The summed E-state index contributed by atoms with van der Waals surface area (Å²) < 4.78 is 27.5. The first-order chi connectivity index (χ1) is 15.9. The molecule has 182 valence electrons. The number of aromatic nitrogens is 2. The molecule has 34 heavy (non-hydrogen) atoms. The molecule has 0 fully saturated rings. The van der Waals surface area contributed by atoms with Crippen LogP contribution in [0.5, 0.6) is 0 Å². The Labute approximate surface area is 197 Å². The predicted molar refractivity (Wildman–Crippen MR) is 130 cm³/mol. The number of carboxylic acids is 1. The highest BCUT2D eigenvalue weighted by atomic mass is 32.2. The molecule has 5 N–H and O–H groups in total. The number of rotatable bonds is 10. The van der Waals surface area contributed by atoms with Crippen molar-refractivity contribution in [3.8, 4) is 0 Å². The molecule has 1 unspecified atom stereocenters. The van der Waals surface area contributed by atoms with Crippen LogP contribution in [0.25, 0.3) is 11.0 Å². The van der Waals surface area contributed by atoms with Crippen molar-refractivity contribution in [1.29, 1.82) is 5.41 Å². The number of benzene rings is 2. The van der Waals surface area contributed by atoms with E-state index in [1.807, 2.05) is 19.0 Å². The molecule has 0 radical (unpaired) electrons. The summed E-state index contributed by atoms with van der Waals surface area (Å²) in [6.45, 7) is 0.286. The molecule has 3 aromatic rings. The number of nitrogen functional groups attached to an aromatic ring is 1. The van der Waals surface area contributed by atoms with Gasteiger partial charge in [-0.2, -0.15) is 0 Å². The second-order valence-electron chi connectivity index (χ2n) is 8.20. The maximum atomic E-state index is 12.4. The molecule has 0 aliphatic rings. The number of aliphatic hydroxyl groups excluding tert-OH is 1. The quantitative estimate of drug-likeness (QED) is 0.240. The summed E-state index contributed by atoms with van der Waals surface area (Å²) in [7, 11) is 0.108. The third-order valence-electron chi connectivity index (χ3n) is 5.28. The van der Waals surface area contributed by atoms with E-state index >= 15 is 0 Å². The molecule has 1 atom stereocenters. The van der Waals surface area contributed by atoms with Gasteiger partial charge in [0.2, 0.25) is 10.0 Å². The second-order valence-corrected chi connectivity index (χ2v) is 10.1. The van der Waals surface area contributed by atoms with E-state index < -0.39 is 28.6 Å². The number of hydrogen-bond donors (Lipinski definition) is 4. The number of aliphatic carboxylic acids is 1. The maximum absolute atomic E-state index is 12.4. The van der Waals surface area contributed by atoms with Crippen LogP contribution in [0.2, 0.25) is 0 Å². The molecule has 0 spiro atoms. The predicted octanol–water partition coefficient (Wildman–Crippen LogP) is 0.814. The van der Waals surface area contributed by atoms with Crippen molar-refractivity contribution >= 4 is 38.5 Å². The Morgan fingerprint density at radius 3 is 2.35 bits per heavy atom. The number of amidine groups is 1. The number of sulfonamides is 1. The van der Waals surface area contributed by atoms with Crippen LogP contribution >= 0.6 is 0 Å². The number of imidazole rings is 1. The fourth-order valence-electron chi connectivity index (χ4n) is 3.57. The Kier molecular flexibility index (Phi) is 7.24. The van der Waals surface area contributed by atoms with Crippen molar-refractivity contribution in [3.05, 3.63) is 59.4 Å². The lowest BCUT2D eigenvalue weighted by atomic mass is 10.1. The number of nitrogens with two attached hydrogens (primary N) is 1. The third-order valence-corrected chi connectivity index (χ3v) is 6.47. The highest BCUT2D eigenvalue weighted by Crippen LogP contribution is 2.29. The van der Waals surface area contributed by atoms with Crippen molar-refractivity contribution in [2.75, 3.05) is 37.7 Å². The number of nitrogens with zero attached hydrogens (tertiary/aromatic N) is 4. The minimum atomic E-state index is -3.57. The van der Waals surface area contributed by atoms with E-state index in [4.69, 9.17) is 11.1 Å². The van der Waals surface area contributed by atoms with Gasteiger partial charge in [0, 0.05) is 18.7 Å². The van der Waals surface area contributed by atoms with E-state index in [1.54, 1.807) is 42.5 Å². The SMILES string of the molecule is CN(C)CCN(c1ccc2c(c1)nc(C(O)c1ccc(C(=N)N)cc1)n2CC(=O)O)S(C)(=O)=O. The van der Waals surface area contributed by atoms with E-state index in [0.29, 0.717) is 34.4 Å². The Bertz CT molecular complexity index is 1320. The Balaban J connectivity index is 2.09. The summed E-state index contributed by atoms with van der Waals surface area (Å²) in [5.41, 5.74) is 7.59. The summed E-state index contributed by atoms with van der Waals surface area (Å²) in [5, 5.41) is 27.9. The molecule has 1 heterocycles. The molecule has 0 saturated carbocycles. The average Bonchev–Trinajstić information content (AvgIpc) is 3.09. The molecular weight excluding hydrogens is 460 g/mol. The fourth-order valence-corrected chi connectivity index (χ4v) is 4.48. The van der Waals surface area contributed by atoms with Gasteiger partial charge in [-0.05, 0) is 37.9 Å². The van der Waals surface area contributed by atoms with Crippen LogP contribution in [-0.2, 0) is 21.4 Å². The standard InChI is InChI=1S/C22H28N6O5S/c1-26(2)10-11-28(34(3,32)33)16-8-9-18-17(12-16)25-22(27(18)13-19(29)30)20(31)14-4-6-15(7-5-14)21(23)24/h4-9,12,20,31H,10-11,13H2,1-3H3,(H3,23,24)(H,29,30). The summed E-state index contributed by atoms with van der Waals surface area (Å²) in [4.78, 5) is 17.9. The van der Waals surface area contributed by atoms with E-state index in [-0.39, 0.29) is 18.2 Å². The van der Waals surface area contributed by atoms with Gasteiger partial charge in [-0.25, -0.2) is 13.4 Å². The van der Waals surface area contributed by atoms with Crippen molar-refractivity contribution in [2.45, 2.75) is 12.6 Å². The van der Waals surface area contributed by atoms with Crippen LogP contribution in [0.3, 0.4) is 0 Å². The molecule has 1 aromatic heterocycles. The van der Waals surface area contributed by atoms with Crippen molar-refractivity contribution in [1.82, 2.24) is 14.5 Å². The third kappa shape index (κ3) is 5.53. The first-order valence-electron chi connectivity index (χ1n) is 10.4. The molecule has 0 bridgehead atoms. The Morgan fingerprint density at radius 1 is 1.18 bits per heavy atom. The van der Waals surface area contributed by atoms with E-state index in [2.05, 4.69) is 4.98 Å². The van der Waals surface area contributed by atoms with E-state index in [1.165, 1.54) is 8.87 Å². The van der Waals surface area contributed by atoms with E-state index in [9.17, 15) is 23.4 Å². The monoisotopic (exact) mass is 488 g/mol. The van der Waals surface area contributed by atoms with Crippen LogP contribution in [0.1, 0.15) is 23.1 Å². The summed E-state index contributed by atoms with van der Waals surface area (Å²) >= 11 is 0. The zero-order valence-electron chi connectivity index (χ0n) is 19.1. The number of aliphatic hydroxyl groups is 1. The smallest absolute Gasteiger partial charge is 0.323 e. The van der Waals surface area contributed by atoms with Gasteiger partial charge in [0.05, 0.1) is 23.0 Å². The molecule has 0 aliphatic carbocycles. The lowest BCUT2D eigenvalue weighted by Gasteiger charge is -2.24. The normalized spacial score (nSPS) is 12.7. The molecular formula is C22H28N6O5S. The molecule has 0 aliphatic heterocycles. The summed E-state index contributed by atoms with van der Waals surface area (Å²) in [5.74, 6) is -1.13. The fraction of sp³-hybridized carbons (Fsp3) is 0.318. The van der Waals surface area contributed by atoms with Crippen LogP contribution < -0.4 is 10.0 Å². The van der Waals surface area contributed by atoms with Gasteiger partial charge in [0.1, 0.15) is 24.3 Å². The average molecular weight is 489 g/mol. The van der Waals surface area contributed by atoms with Crippen molar-refractivity contribution < 1.29 is 23.4 Å². The number of fused-ring (bicyclic) bond motifs is 1. The lowest BCUT2D eigenvalue weighted by molar-refractivity contribution is -0.137. The minimum absolute atomic E-state index is 0.101. The van der Waals surface area contributed by atoms with E-state index in [0.717, 1.165) is 6.26 Å². The highest BCUT2D eigenvalue weighted by Gasteiger charge is 2.24. The molecule has 0 saturated heterocycles. The van der Waals surface area contributed by atoms with Crippen LogP contribution in [0.4, 0.5) is 5.69 Å². The van der Waals surface area contributed by atoms with Gasteiger partial charge < -0.3 is 25.4 Å². The number of carbonyl (C=O) groups is 1. The molecule has 3 rings (SSSR count). The number of nitrogens with one attached hydrogen (secondary N) is 1. The summed E-state index contributed by atoms with van der Waals surface area (Å²) in [6.07, 6.45) is -0.133. The first kappa shape index (κ1) is 25.1. The highest BCUT2D eigenvalue weighted by molar-refractivity contribution is 7.92. The van der Waals surface area contributed by atoms with Gasteiger partial charge in [-0.1, -0.05) is 24.3 Å². The molecule has 0 amide bonds. The molecule has 12 heteroatoms. The van der Waals surface area contributed by atoms with Gasteiger partial charge in [0.15, 0.2) is 0 Å². The zero-order chi connectivity index (χ0) is 25.2. The second kappa shape index (κ2) is 9.79. The largest absolute Gasteiger partial charge is 0.480 e. The number of carboxylic acid groups (broad SMARTS) is 1. The summed E-state index contributed by atoms with van der Waals surface area (Å²) in [6, 6.07) is 11.1. The van der Waals surface area contributed by atoms with Gasteiger partial charge >= 0.3 is 5.97 Å². The maximum Gasteiger partial charge on any atom is 0.323 e. The zero-order valence-corrected chi connectivity index (χ0v) is 20.0. The van der Waals surface area contributed by atoms with Crippen LogP contribution in [0.15, 0.2) is 42.5 Å². The Hall–Kier alpha value is -3.48. The lowest BCUT2D eigenvalue weighted by Crippen LogP contribution is -2.36. The number of likely N-dealkylation sites (N-methyl/N-ethyl adjacent to an activating group) is 1. The van der Waals surface area contributed by atoms with Gasteiger partial charge in [-0.3, -0.25) is 14.5 Å². The van der Waals surface area contributed by atoms with Crippen molar-refractivity contribution in [3.63, 3.8) is 0 Å².